The Morgan fingerprint density at radius 3 is 2.75 bits per heavy atom. The molecule has 0 bridgehead atoms. The first kappa shape index (κ1) is 11.6. The van der Waals surface area contributed by atoms with Gasteiger partial charge < -0.3 is 5.32 Å². The van der Waals surface area contributed by atoms with Crippen LogP contribution >= 0.6 is 11.3 Å². The third-order valence-electron chi connectivity index (χ3n) is 3.42. The molecule has 0 atom stereocenters. The fraction of sp³-hybridized carbons (Fsp3) is 0.615. The van der Waals surface area contributed by atoms with Crippen LogP contribution in [0, 0.1) is 11.3 Å². The van der Waals surface area contributed by atoms with Crippen molar-refractivity contribution in [1.82, 2.24) is 5.32 Å². The topological polar surface area (TPSA) is 35.8 Å². The van der Waals surface area contributed by atoms with E-state index in [1.807, 2.05) is 6.07 Å². The van der Waals surface area contributed by atoms with Gasteiger partial charge in [-0.3, -0.25) is 0 Å². The lowest BCUT2D eigenvalue weighted by Crippen LogP contribution is -2.43. The summed E-state index contributed by atoms with van der Waals surface area (Å²) in [5.74, 6) is 0. The van der Waals surface area contributed by atoms with E-state index in [9.17, 15) is 0 Å². The molecule has 1 N–H and O–H groups in total. The van der Waals surface area contributed by atoms with Crippen LogP contribution < -0.4 is 5.32 Å². The third kappa shape index (κ3) is 2.84. The van der Waals surface area contributed by atoms with Crippen molar-refractivity contribution < 1.29 is 0 Å². The summed E-state index contributed by atoms with van der Waals surface area (Å²) in [4.78, 5) is 2.08. The molecule has 2 rings (SSSR count). The molecule has 0 spiro atoms. The molecule has 3 heteroatoms. The molecule has 1 aromatic heterocycles. The van der Waals surface area contributed by atoms with Crippen LogP contribution in [-0.4, -0.2) is 5.54 Å². The average molecular weight is 234 g/mol. The zero-order valence-corrected chi connectivity index (χ0v) is 10.6. The van der Waals surface area contributed by atoms with Gasteiger partial charge in [0.15, 0.2) is 0 Å². The first-order valence-electron chi connectivity index (χ1n) is 5.96. The number of hydrogen-bond donors (Lipinski definition) is 1. The second kappa shape index (κ2) is 4.99. The fourth-order valence-electron chi connectivity index (χ4n) is 2.34. The molecule has 1 heterocycles. The summed E-state index contributed by atoms with van der Waals surface area (Å²) in [6, 6.07) is 6.15. The smallest absolute Gasteiger partial charge is 0.110 e. The summed E-state index contributed by atoms with van der Waals surface area (Å²) in [5, 5.41) is 12.4. The molecule has 1 aliphatic rings. The number of nitrogens with one attached hydrogen (secondary N) is 1. The van der Waals surface area contributed by atoms with Crippen LogP contribution in [0.3, 0.4) is 0 Å². The molecular weight excluding hydrogens is 216 g/mol. The highest BCUT2D eigenvalue weighted by atomic mass is 32.1. The van der Waals surface area contributed by atoms with Gasteiger partial charge >= 0.3 is 0 Å². The van der Waals surface area contributed by atoms with Crippen molar-refractivity contribution in [2.24, 2.45) is 0 Å². The van der Waals surface area contributed by atoms with Gasteiger partial charge in [-0.25, -0.2) is 0 Å². The van der Waals surface area contributed by atoms with E-state index in [2.05, 4.69) is 24.4 Å². The lowest BCUT2D eigenvalue weighted by Gasteiger charge is -2.34. The van der Waals surface area contributed by atoms with Crippen LogP contribution in [0.15, 0.2) is 12.1 Å². The Labute approximate surface area is 101 Å². The number of nitrogens with zero attached hydrogens (tertiary/aromatic N) is 1. The van der Waals surface area contributed by atoms with E-state index >= 15 is 0 Å². The van der Waals surface area contributed by atoms with Gasteiger partial charge in [0.25, 0.3) is 0 Å². The fourth-order valence-corrected chi connectivity index (χ4v) is 3.09. The van der Waals surface area contributed by atoms with Gasteiger partial charge in [-0.15, -0.1) is 11.3 Å². The van der Waals surface area contributed by atoms with Crippen molar-refractivity contribution in [2.75, 3.05) is 0 Å². The molecule has 2 nitrogen and oxygen atoms in total. The van der Waals surface area contributed by atoms with Crippen LogP contribution in [0.5, 0.6) is 0 Å². The minimum absolute atomic E-state index is 0.315. The van der Waals surface area contributed by atoms with Gasteiger partial charge in [0.05, 0.1) is 0 Å². The van der Waals surface area contributed by atoms with Crippen molar-refractivity contribution >= 4 is 11.3 Å². The molecule has 1 saturated carbocycles. The number of thiophene rings is 1. The van der Waals surface area contributed by atoms with Crippen LogP contribution in [-0.2, 0) is 6.54 Å². The number of nitriles is 1. The molecule has 16 heavy (non-hydrogen) atoms. The minimum atomic E-state index is 0.315. The standard InChI is InChI=1S/C13H18N2S/c1-13(7-3-2-4-8-13)15-10-12-6-5-11(9-14)16-12/h5-6,15H,2-4,7-8,10H2,1H3. The summed E-state index contributed by atoms with van der Waals surface area (Å²) < 4.78 is 0. The highest BCUT2D eigenvalue weighted by Gasteiger charge is 2.25. The maximum Gasteiger partial charge on any atom is 0.110 e. The summed E-state index contributed by atoms with van der Waals surface area (Å²) in [6.45, 7) is 3.23. The zero-order chi connectivity index (χ0) is 11.4. The third-order valence-corrected chi connectivity index (χ3v) is 4.41. The molecule has 0 aliphatic heterocycles. The molecular formula is C13H18N2S. The SMILES string of the molecule is CC1(NCc2ccc(C#N)s2)CCCCC1. The van der Waals surface area contributed by atoms with Crippen molar-refractivity contribution in [3.63, 3.8) is 0 Å². The van der Waals surface area contributed by atoms with Crippen molar-refractivity contribution in [3.8, 4) is 6.07 Å². The van der Waals surface area contributed by atoms with Crippen molar-refractivity contribution in [1.29, 1.82) is 5.26 Å². The molecule has 0 unspecified atom stereocenters. The molecule has 0 aromatic carbocycles. The zero-order valence-electron chi connectivity index (χ0n) is 9.75. The second-order valence-corrected chi connectivity index (χ2v) is 6.02. The highest BCUT2D eigenvalue weighted by Crippen LogP contribution is 2.28. The maximum absolute atomic E-state index is 8.76. The Bertz CT molecular complexity index is 383. The second-order valence-electron chi connectivity index (χ2n) is 4.85. The van der Waals surface area contributed by atoms with Crippen LogP contribution in [0.4, 0.5) is 0 Å². The molecule has 0 amide bonds. The molecule has 86 valence electrons. The normalized spacial score (nSPS) is 19.2. The van der Waals surface area contributed by atoms with Crippen molar-refractivity contribution in [2.45, 2.75) is 51.1 Å². The predicted molar refractivity (Wildman–Crippen MR) is 67.4 cm³/mol. The molecule has 1 aliphatic carbocycles. The molecule has 1 fully saturated rings. The van der Waals surface area contributed by atoms with E-state index in [-0.39, 0.29) is 0 Å². The Morgan fingerprint density at radius 2 is 2.12 bits per heavy atom. The first-order valence-corrected chi connectivity index (χ1v) is 6.77. The van der Waals surface area contributed by atoms with Crippen molar-refractivity contribution in [3.05, 3.63) is 21.9 Å². The summed E-state index contributed by atoms with van der Waals surface area (Å²) in [6.07, 6.45) is 6.64. The van der Waals surface area contributed by atoms with E-state index in [4.69, 9.17) is 5.26 Å². The Kier molecular flexibility index (Phi) is 3.63. The Morgan fingerprint density at radius 1 is 1.38 bits per heavy atom. The number of hydrogen-bond acceptors (Lipinski definition) is 3. The van der Waals surface area contributed by atoms with Gasteiger partial charge in [0.1, 0.15) is 10.9 Å². The van der Waals surface area contributed by atoms with Gasteiger partial charge in [0, 0.05) is 17.0 Å². The Hall–Kier alpha value is -0.850. The van der Waals surface area contributed by atoms with E-state index in [1.54, 1.807) is 11.3 Å². The molecule has 0 saturated heterocycles. The lowest BCUT2D eigenvalue weighted by atomic mass is 9.83. The monoisotopic (exact) mass is 234 g/mol. The largest absolute Gasteiger partial charge is 0.307 e. The maximum atomic E-state index is 8.76. The number of rotatable bonds is 3. The molecule has 0 radical (unpaired) electrons. The summed E-state index contributed by atoms with van der Waals surface area (Å²) in [5.41, 5.74) is 0.315. The van der Waals surface area contributed by atoms with Gasteiger partial charge in [-0.1, -0.05) is 19.3 Å². The predicted octanol–water partition coefficient (Wildman–Crippen LogP) is 3.43. The first-order chi connectivity index (χ1) is 7.72. The van der Waals surface area contributed by atoms with Crippen LogP contribution in [0.1, 0.15) is 48.8 Å². The highest BCUT2D eigenvalue weighted by molar-refractivity contribution is 7.12. The van der Waals surface area contributed by atoms with E-state index in [0.717, 1.165) is 11.4 Å². The van der Waals surface area contributed by atoms with Crippen LogP contribution in [0.2, 0.25) is 0 Å². The van der Waals surface area contributed by atoms with Gasteiger partial charge in [-0.2, -0.15) is 5.26 Å². The van der Waals surface area contributed by atoms with E-state index < -0.39 is 0 Å². The summed E-state index contributed by atoms with van der Waals surface area (Å²) >= 11 is 1.60. The van der Waals surface area contributed by atoms with Gasteiger partial charge in [0.2, 0.25) is 0 Å². The Balaban J connectivity index is 1.89. The van der Waals surface area contributed by atoms with E-state index in [0.29, 0.717) is 5.54 Å². The quantitative estimate of drug-likeness (QED) is 0.869. The van der Waals surface area contributed by atoms with E-state index in [1.165, 1.54) is 37.0 Å². The van der Waals surface area contributed by atoms with Gasteiger partial charge in [-0.05, 0) is 31.9 Å². The van der Waals surface area contributed by atoms with Crippen LogP contribution in [0.25, 0.3) is 0 Å². The lowest BCUT2D eigenvalue weighted by molar-refractivity contribution is 0.253. The molecule has 1 aromatic rings. The minimum Gasteiger partial charge on any atom is -0.307 e. The summed E-state index contributed by atoms with van der Waals surface area (Å²) in [7, 11) is 0. The average Bonchev–Trinajstić information content (AvgIpc) is 2.75.